The van der Waals surface area contributed by atoms with E-state index in [1.165, 1.54) is 12.1 Å². The van der Waals surface area contributed by atoms with Crippen LogP contribution >= 0.6 is 12.4 Å². The number of aryl methyl sites for hydroxylation is 1. The quantitative estimate of drug-likeness (QED) is 0.390. The predicted octanol–water partition coefficient (Wildman–Crippen LogP) is 4.86. The molecule has 2 aliphatic rings. The van der Waals surface area contributed by atoms with Crippen molar-refractivity contribution in [2.75, 3.05) is 23.3 Å². The minimum atomic E-state index is -0.864. The lowest BCUT2D eigenvalue weighted by atomic mass is 9.84. The molecular formula is C26H30ClF2N7O. The first-order chi connectivity index (χ1) is 17.2. The van der Waals surface area contributed by atoms with Gasteiger partial charge in [0, 0.05) is 30.8 Å². The van der Waals surface area contributed by atoms with Crippen LogP contribution < -0.4 is 10.2 Å². The summed E-state index contributed by atoms with van der Waals surface area (Å²) < 4.78 is 29.5. The molecule has 1 aliphatic heterocycles. The Hall–Kier alpha value is -3.11. The maximum atomic E-state index is 14.0. The third-order valence-electron chi connectivity index (χ3n) is 7.33. The Morgan fingerprint density at radius 3 is 2.57 bits per heavy atom. The average Bonchev–Trinajstić information content (AvgIpc) is 3.46. The molecule has 0 unspecified atom stereocenters. The van der Waals surface area contributed by atoms with Crippen molar-refractivity contribution in [3.63, 3.8) is 0 Å². The third-order valence-corrected chi connectivity index (χ3v) is 7.33. The van der Waals surface area contributed by atoms with E-state index in [2.05, 4.69) is 15.3 Å². The van der Waals surface area contributed by atoms with Crippen molar-refractivity contribution in [3.05, 3.63) is 41.8 Å². The van der Waals surface area contributed by atoms with Gasteiger partial charge in [0.1, 0.15) is 35.0 Å². The standard InChI is InChI=1S/C26H29F2N7O.ClH/c1-15-25(31-20-11-16(27)3-4-19(20)29-15)21-12-23-32-22(34-10-7-17(28)14-34)13-24(35(23)33-21)30-18-5-8-26(2,36)9-6-18;/h3-4,11-13,17-18,30,36H,5-10,14H2,1-2H3;1H/t17-,18-,26-;/m1./s1. The highest BCUT2D eigenvalue weighted by molar-refractivity contribution is 5.85. The zero-order valence-electron chi connectivity index (χ0n) is 20.8. The normalized spacial score (nSPS) is 24.0. The van der Waals surface area contributed by atoms with Gasteiger partial charge in [-0.1, -0.05) is 0 Å². The number of nitrogens with one attached hydrogen (secondary N) is 1. The molecule has 11 heteroatoms. The third kappa shape index (κ3) is 5.04. The van der Waals surface area contributed by atoms with E-state index in [-0.39, 0.29) is 24.3 Å². The zero-order chi connectivity index (χ0) is 25.0. The summed E-state index contributed by atoms with van der Waals surface area (Å²) in [5.41, 5.74) is 2.87. The topological polar surface area (TPSA) is 91.5 Å². The van der Waals surface area contributed by atoms with E-state index in [0.717, 1.165) is 18.7 Å². The van der Waals surface area contributed by atoms with Gasteiger partial charge in [-0.05, 0) is 58.1 Å². The van der Waals surface area contributed by atoms with Crippen molar-refractivity contribution in [3.8, 4) is 11.4 Å². The number of aliphatic hydroxyl groups is 1. The van der Waals surface area contributed by atoms with Crippen LogP contribution in [0, 0.1) is 12.7 Å². The zero-order valence-corrected chi connectivity index (χ0v) is 21.6. The van der Waals surface area contributed by atoms with Crippen LogP contribution in [0.15, 0.2) is 30.3 Å². The Kier molecular flexibility index (Phi) is 6.66. The minimum Gasteiger partial charge on any atom is -0.390 e. The van der Waals surface area contributed by atoms with E-state index in [4.69, 9.17) is 10.1 Å². The van der Waals surface area contributed by atoms with E-state index < -0.39 is 11.8 Å². The van der Waals surface area contributed by atoms with Crippen molar-refractivity contribution >= 4 is 40.7 Å². The van der Waals surface area contributed by atoms with Crippen LogP contribution in [-0.2, 0) is 0 Å². The number of alkyl halides is 1. The summed E-state index contributed by atoms with van der Waals surface area (Å²) >= 11 is 0. The second kappa shape index (κ2) is 9.64. The van der Waals surface area contributed by atoms with Gasteiger partial charge in [-0.3, -0.25) is 0 Å². The molecule has 1 atom stereocenters. The van der Waals surface area contributed by atoms with Crippen molar-refractivity contribution in [1.29, 1.82) is 0 Å². The molecule has 37 heavy (non-hydrogen) atoms. The molecule has 0 radical (unpaired) electrons. The number of hydrogen-bond acceptors (Lipinski definition) is 7. The smallest absolute Gasteiger partial charge is 0.160 e. The first-order valence-electron chi connectivity index (χ1n) is 12.5. The van der Waals surface area contributed by atoms with Gasteiger partial charge in [-0.25, -0.2) is 23.7 Å². The van der Waals surface area contributed by atoms with Crippen LogP contribution in [0.3, 0.4) is 0 Å². The first-order valence-corrected chi connectivity index (χ1v) is 12.5. The lowest BCUT2D eigenvalue weighted by Crippen LogP contribution is -2.36. The molecule has 4 heterocycles. The molecule has 3 aromatic heterocycles. The molecule has 8 nitrogen and oxygen atoms in total. The fourth-order valence-corrected chi connectivity index (χ4v) is 5.22. The summed E-state index contributed by atoms with van der Waals surface area (Å²) in [6, 6.07) is 8.28. The fraction of sp³-hybridized carbons (Fsp3) is 0.462. The van der Waals surface area contributed by atoms with E-state index in [1.54, 1.807) is 10.6 Å². The Labute approximate surface area is 219 Å². The van der Waals surface area contributed by atoms with E-state index in [0.29, 0.717) is 71.9 Å². The lowest BCUT2D eigenvalue weighted by molar-refractivity contribution is 0.0196. The van der Waals surface area contributed by atoms with E-state index >= 15 is 0 Å². The van der Waals surface area contributed by atoms with Crippen molar-refractivity contribution in [2.24, 2.45) is 0 Å². The van der Waals surface area contributed by atoms with Gasteiger partial charge in [-0.2, -0.15) is 9.61 Å². The number of hydrogen-bond donors (Lipinski definition) is 2. The van der Waals surface area contributed by atoms with Gasteiger partial charge in [0.15, 0.2) is 5.65 Å². The number of anilines is 2. The summed E-state index contributed by atoms with van der Waals surface area (Å²) in [4.78, 5) is 16.0. The van der Waals surface area contributed by atoms with Gasteiger partial charge in [0.2, 0.25) is 0 Å². The molecule has 1 saturated heterocycles. The van der Waals surface area contributed by atoms with Crippen LogP contribution in [0.5, 0.6) is 0 Å². The highest BCUT2D eigenvalue weighted by Crippen LogP contribution is 2.32. The predicted molar refractivity (Wildman–Crippen MR) is 142 cm³/mol. The highest BCUT2D eigenvalue weighted by atomic mass is 35.5. The minimum absolute atomic E-state index is 0. The molecule has 6 rings (SSSR count). The summed E-state index contributed by atoms with van der Waals surface area (Å²) in [5, 5.41) is 18.8. The molecule has 0 bridgehead atoms. The summed E-state index contributed by atoms with van der Waals surface area (Å²) in [7, 11) is 0. The molecule has 196 valence electrons. The Bertz CT molecular complexity index is 1450. The molecular weight excluding hydrogens is 500 g/mol. The van der Waals surface area contributed by atoms with Gasteiger partial charge in [-0.15, -0.1) is 12.4 Å². The molecule has 4 aromatic rings. The second-order valence-corrected chi connectivity index (χ2v) is 10.3. The van der Waals surface area contributed by atoms with Gasteiger partial charge >= 0.3 is 0 Å². The van der Waals surface area contributed by atoms with Gasteiger partial charge in [0.25, 0.3) is 0 Å². The van der Waals surface area contributed by atoms with Crippen molar-refractivity contribution < 1.29 is 13.9 Å². The Morgan fingerprint density at radius 2 is 1.84 bits per heavy atom. The molecule has 1 aliphatic carbocycles. The van der Waals surface area contributed by atoms with E-state index in [9.17, 15) is 13.9 Å². The molecule has 0 amide bonds. The molecule has 1 aromatic carbocycles. The molecule has 0 spiro atoms. The number of halogens is 3. The number of aromatic nitrogens is 5. The highest BCUT2D eigenvalue weighted by Gasteiger charge is 2.30. The lowest BCUT2D eigenvalue weighted by Gasteiger charge is -2.34. The maximum Gasteiger partial charge on any atom is 0.160 e. The van der Waals surface area contributed by atoms with E-state index in [1.807, 2.05) is 30.9 Å². The van der Waals surface area contributed by atoms with Crippen LogP contribution in [-0.4, -0.2) is 60.6 Å². The van der Waals surface area contributed by atoms with Crippen LogP contribution in [0.1, 0.15) is 44.7 Å². The number of benzene rings is 1. The average molecular weight is 530 g/mol. The summed E-state index contributed by atoms with van der Waals surface area (Å²) in [6.07, 6.45) is 2.72. The Morgan fingerprint density at radius 1 is 1.05 bits per heavy atom. The number of nitrogens with zero attached hydrogens (tertiary/aromatic N) is 6. The second-order valence-electron chi connectivity index (χ2n) is 10.3. The largest absolute Gasteiger partial charge is 0.390 e. The first kappa shape index (κ1) is 25.5. The van der Waals surface area contributed by atoms with Crippen LogP contribution in [0.2, 0.25) is 0 Å². The number of fused-ring (bicyclic) bond motifs is 2. The fourth-order valence-electron chi connectivity index (χ4n) is 5.22. The maximum absolute atomic E-state index is 14.0. The van der Waals surface area contributed by atoms with Gasteiger partial charge in [0.05, 0.1) is 28.9 Å². The molecule has 2 fully saturated rings. The molecule has 2 N–H and O–H groups in total. The monoisotopic (exact) mass is 529 g/mol. The molecule has 1 saturated carbocycles. The van der Waals surface area contributed by atoms with Crippen LogP contribution in [0.4, 0.5) is 20.4 Å². The van der Waals surface area contributed by atoms with Gasteiger partial charge < -0.3 is 15.3 Å². The van der Waals surface area contributed by atoms with Crippen molar-refractivity contribution in [2.45, 2.75) is 63.8 Å². The summed E-state index contributed by atoms with van der Waals surface area (Å²) in [5.74, 6) is 1.08. The summed E-state index contributed by atoms with van der Waals surface area (Å²) in [6.45, 7) is 4.66. The number of rotatable bonds is 4. The SMILES string of the molecule is Cc1nc2ccc(F)cc2nc1-c1cc2nc(N3CC[C@@H](F)C3)cc(N[C@H]3CC[C@](C)(O)CC3)n2n1.Cl. The van der Waals surface area contributed by atoms with Crippen LogP contribution in [0.25, 0.3) is 28.1 Å². The van der Waals surface area contributed by atoms with Crippen molar-refractivity contribution in [1.82, 2.24) is 24.6 Å². The Balaban J connectivity index is 0.00000280.